The van der Waals surface area contributed by atoms with E-state index < -0.39 is 0 Å². The summed E-state index contributed by atoms with van der Waals surface area (Å²) in [6.45, 7) is 3.11. The number of ether oxygens (including phenoxy) is 1. The highest BCUT2D eigenvalue weighted by atomic mass is 127. The summed E-state index contributed by atoms with van der Waals surface area (Å²) in [6.07, 6.45) is 3.85. The van der Waals surface area contributed by atoms with Crippen LogP contribution in [0, 0.1) is 3.57 Å². The first kappa shape index (κ1) is 13.8. The Kier molecular flexibility index (Phi) is 5.00. The van der Waals surface area contributed by atoms with Crippen LogP contribution in [0.4, 0.5) is 0 Å². The van der Waals surface area contributed by atoms with Gasteiger partial charge in [0.15, 0.2) is 0 Å². The van der Waals surface area contributed by atoms with Crippen molar-refractivity contribution in [3.63, 3.8) is 0 Å². The van der Waals surface area contributed by atoms with Crippen molar-refractivity contribution in [2.24, 2.45) is 0 Å². The summed E-state index contributed by atoms with van der Waals surface area (Å²) in [5.74, 6) is -0.236. The summed E-state index contributed by atoms with van der Waals surface area (Å²) in [4.78, 5) is 14.2. The molecule has 3 nitrogen and oxygen atoms in total. The van der Waals surface area contributed by atoms with Crippen LogP contribution in [-0.4, -0.2) is 31.1 Å². The van der Waals surface area contributed by atoms with Crippen molar-refractivity contribution in [1.29, 1.82) is 0 Å². The van der Waals surface area contributed by atoms with E-state index in [9.17, 15) is 4.79 Å². The van der Waals surface area contributed by atoms with E-state index >= 15 is 0 Å². The number of esters is 1. The van der Waals surface area contributed by atoms with Crippen molar-refractivity contribution in [3.05, 3.63) is 32.9 Å². The molecule has 0 atom stereocenters. The Labute approximate surface area is 122 Å². The molecule has 0 radical (unpaired) electrons. The average molecular weight is 359 g/mol. The molecule has 1 aliphatic heterocycles. The fourth-order valence-electron chi connectivity index (χ4n) is 2.34. The van der Waals surface area contributed by atoms with Crippen LogP contribution in [-0.2, 0) is 11.3 Å². The maximum atomic E-state index is 11.8. The normalized spacial score (nSPS) is 16.6. The first-order valence-corrected chi connectivity index (χ1v) is 7.37. The van der Waals surface area contributed by atoms with E-state index in [0.717, 1.165) is 28.8 Å². The van der Waals surface area contributed by atoms with Gasteiger partial charge in [0.2, 0.25) is 0 Å². The predicted molar refractivity (Wildman–Crippen MR) is 79.6 cm³/mol. The number of carbonyl (C=O) groups is 1. The summed E-state index contributed by atoms with van der Waals surface area (Å²) in [5.41, 5.74) is 1.78. The number of likely N-dealkylation sites (tertiary alicyclic amines) is 1. The minimum absolute atomic E-state index is 0.236. The van der Waals surface area contributed by atoms with Gasteiger partial charge in [0.25, 0.3) is 0 Å². The van der Waals surface area contributed by atoms with Crippen molar-refractivity contribution in [2.45, 2.75) is 25.8 Å². The molecule has 0 bridgehead atoms. The Bertz CT molecular complexity index is 428. The van der Waals surface area contributed by atoms with E-state index in [4.69, 9.17) is 4.74 Å². The predicted octanol–water partition coefficient (Wildman–Crippen LogP) is 3.06. The van der Waals surface area contributed by atoms with Gasteiger partial charge in [-0.15, -0.1) is 0 Å². The highest BCUT2D eigenvalue weighted by Crippen LogP contribution is 2.19. The summed E-state index contributed by atoms with van der Waals surface area (Å²) < 4.78 is 5.93. The summed E-state index contributed by atoms with van der Waals surface area (Å²) in [5, 5.41) is 0. The van der Waals surface area contributed by atoms with E-state index in [2.05, 4.69) is 27.5 Å². The zero-order valence-corrected chi connectivity index (χ0v) is 12.8. The van der Waals surface area contributed by atoms with Gasteiger partial charge in [0.05, 0.1) is 12.7 Å². The van der Waals surface area contributed by atoms with Gasteiger partial charge in [0, 0.05) is 10.1 Å². The number of piperidine rings is 1. The Morgan fingerprint density at radius 1 is 1.33 bits per heavy atom. The van der Waals surface area contributed by atoms with Gasteiger partial charge in [-0.2, -0.15) is 0 Å². The molecule has 1 fully saturated rings. The first-order valence-electron chi connectivity index (χ1n) is 6.30. The molecule has 18 heavy (non-hydrogen) atoms. The smallest absolute Gasteiger partial charge is 0.338 e. The average Bonchev–Trinajstić information content (AvgIpc) is 2.41. The van der Waals surface area contributed by atoms with Gasteiger partial charge in [-0.25, -0.2) is 4.79 Å². The lowest BCUT2D eigenvalue weighted by Crippen LogP contribution is -2.29. The molecule has 0 N–H and O–H groups in total. The Morgan fingerprint density at radius 3 is 2.72 bits per heavy atom. The molecule has 0 aromatic heterocycles. The van der Waals surface area contributed by atoms with Crippen molar-refractivity contribution in [1.82, 2.24) is 4.90 Å². The Hall–Kier alpha value is -0.620. The van der Waals surface area contributed by atoms with Crippen LogP contribution >= 0.6 is 22.6 Å². The van der Waals surface area contributed by atoms with Gasteiger partial charge in [-0.05, 0) is 66.2 Å². The van der Waals surface area contributed by atoms with Gasteiger partial charge in [-0.1, -0.05) is 12.5 Å². The largest absolute Gasteiger partial charge is 0.465 e. The van der Waals surface area contributed by atoms with Crippen LogP contribution in [0.2, 0.25) is 0 Å². The molecule has 1 aromatic carbocycles. The minimum Gasteiger partial charge on any atom is -0.465 e. The maximum absolute atomic E-state index is 11.8. The van der Waals surface area contributed by atoms with Gasteiger partial charge < -0.3 is 4.74 Å². The van der Waals surface area contributed by atoms with E-state index in [0.29, 0.717) is 5.56 Å². The second kappa shape index (κ2) is 6.52. The number of hydrogen-bond acceptors (Lipinski definition) is 3. The molecule has 1 aliphatic rings. The third-order valence-corrected chi connectivity index (χ3v) is 3.99. The van der Waals surface area contributed by atoms with Gasteiger partial charge in [0.1, 0.15) is 0 Å². The van der Waals surface area contributed by atoms with E-state index in [1.54, 1.807) is 0 Å². The SMILES string of the molecule is COC(=O)c1cc(I)ccc1CN1CCCCC1. The van der Waals surface area contributed by atoms with Crippen LogP contribution in [0.1, 0.15) is 35.2 Å². The Morgan fingerprint density at radius 2 is 2.06 bits per heavy atom. The third-order valence-electron chi connectivity index (χ3n) is 3.32. The molecule has 2 rings (SSSR count). The fraction of sp³-hybridized carbons (Fsp3) is 0.500. The standard InChI is InChI=1S/C14H18INO2/c1-18-14(17)13-9-12(15)6-5-11(13)10-16-7-3-2-4-8-16/h5-6,9H,2-4,7-8,10H2,1H3. The number of methoxy groups -OCH3 is 1. The zero-order chi connectivity index (χ0) is 13.0. The lowest BCUT2D eigenvalue weighted by atomic mass is 10.1. The summed E-state index contributed by atoms with van der Waals surface area (Å²) >= 11 is 2.22. The molecule has 0 saturated carbocycles. The van der Waals surface area contributed by atoms with Crippen LogP contribution in [0.15, 0.2) is 18.2 Å². The number of rotatable bonds is 3. The second-order valence-electron chi connectivity index (χ2n) is 4.63. The number of carbonyl (C=O) groups excluding carboxylic acids is 1. The molecule has 1 saturated heterocycles. The van der Waals surface area contributed by atoms with Crippen LogP contribution < -0.4 is 0 Å². The molecule has 98 valence electrons. The number of halogens is 1. The van der Waals surface area contributed by atoms with Crippen LogP contribution in [0.5, 0.6) is 0 Å². The molecule has 0 aliphatic carbocycles. The number of benzene rings is 1. The third kappa shape index (κ3) is 3.45. The molecule has 4 heteroatoms. The van der Waals surface area contributed by atoms with Gasteiger partial charge >= 0.3 is 5.97 Å². The van der Waals surface area contributed by atoms with Crippen molar-refractivity contribution in [3.8, 4) is 0 Å². The molecule has 1 aromatic rings. The lowest BCUT2D eigenvalue weighted by Gasteiger charge is -2.27. The van der Waals surface area contributed by atoms with Crippen LogP contribution in [0.25, 0.3) is 0 Å². The number of nitrogens with zero attached hydrogens (tertiary/aromatic N) is 1. The fourth-order valence-corrected chi connectivity index (χ4v) is 2.84. The maximum Gasteiger partial charge on any atom is 0.338 e. The molecule has 0 spiro atoms. The zero-order valence-electron chi connectivity index (χ0n) is 10.6. The first-order chi connectivity index (χ1) is 8.70. The lowest BCUT2D eigenvalue weighted by molar-refractivity contribution is 0.0598. The van der Waals surface area contributed by atoms with E-state index in [-0.39, 0.29) is 5.97 Å². The second-order valence-corrected chi connectivity index (χ2v) is 5.88. The monoisotopic (exact) mass is 359 g/mol. The topological polar surface area (TPSA) is 29.5 Å². The van der Waals surface area contributed by atoms with Crippen molar-refractivity contribution >= 4 is 28.6 Å². The van der Waals surface area contributed by atoms with Crippen molar-refractivity contribution < 1.29 is 9.53 Å². The highest BCUT2D eigenvalue weighted by molar-refractivity contribution is 14.1. The highest BCUT2D eigenvalue weighted by Gasteiger charge is 2.16. The summed E-state index contributed by atoms with van der Waals surface area (Å²) in [7, 11) is 1.44. The van der Waals surface area contributed by atoms with E-state index in [1.165, 1.54) is 26.4 Å². The molecular weight excluding hydrogens is 341 g/mol. The minimum atomic E-state index is -0.236. The molecular formula is C14H18INO2. The van der Waals surface area contributed by atoms with E-state index in [1.807, 2.05) is 18.2 Å². The summed E-state index contributed by atoms with van der Waals surface area (Å²) in [6, 6.07) is 6.00. The molecule has 0 amide bonds. The van der Waals surface area contributed by atoms with Crippen molar-refractivity contribution in [2.75, 3.05) is 20.2 Å². The molecule has 1 heterocycles. The van der Waals surface area contributed by atoms with Crippen LogP contribution in [0.3, 0.4) is 0 Å². The number of hydrogen-bond donors (Lipinski definition) is 0. The van der Waals surface area contributed by atoms with Gasteiger partial charge in [-0.3, -0.25) is 4.90 Å². The quantitative estimate of drug-likeness (QED) is 0.614. The Balaban J connectivity index is 2.17. The molecule has 0 unspecified atom stereocenters.